The quantitative estimate of drug-likeness (QED) is 0.399. The molecule has 0 aliphatic heterocycles. The van der Waals surface area contributed by atoms with Crippen molar-refractivity contribution in [3.05, 3.63) is 53.6 Å². The van der Waals surface area contributed by atoms with E-state index in [0.717, 1.165) is 5.56 Å². The van der Waals surface area contributed by atoms with Crippen molar-refractivity contribution < 1.29 is 38.7 Å². The Hall–Kier alpha value is -3.46. The van der Waals surface area contributed by atoms with Crippen molar-refractivity contribution in [2.75, 3.05) is 21.3 Å². The molecule has 0 bridgehead atoms. The Morgan fingerprint density at radius 2 is 1.50 bits per heavy atom. The summed E-state index contributed by atoms with van der Waals surface area (Å²) in [6.45, 7) is 5.23. The summed E-state index contributed by atoms with van der Waals surface area (Å²) < 4.78 is 21.4. The number of rotatable bonds is 12. The van der Waals surface area contributed by atoms with Gasteiger partial charge in [0.25, 0.3) is 0 Å². The molecule has 0 spiro atoms. The maximum atomic E-state index is 12.5. The number of aliphatic carboxylic acids is 1. The molecule has 0 saturated carbocycles. The van der Waals surface area contributed by atoms with Crippen molar-refractivity contribution in [2.24, 2.45) is 5.92 Å². The molecule has 9 nitrogen and oxygen atoms in total. The fourth-order valence-electron chi connectivity index (χ4n) is 3.88. The Labute approximate surface area is 212 Å². The van der Waals surface area contributed by atoms with E-state index in [1.807, 2.05) is 30.3 Å². The zero-order valence-electron chi connectivity index (χ0n) is 21.7. The number of hydrogen-bond donors (Lipinski definition) is 3. The molecule has 2 aromatic carbocycles. The van der Waals surface area contributed by atoms with Crippen LogP contribution in [0.2, 0.25) is 0 Å². The Bertz CT molecular complexity index is 978. The van der Waals surface area contributed by atoms with E-state index in [0.29, 0.717) is 29.2 Å². The average Bonchev–Trinajstić information content (AvgIpc) is 2.81. The van der Waals surface area contributed by atoms with Gasteiger partial charge in [0.1, 0.15) is 5.60 Å². The number of aliphatic hydroxyl groups is 1. The van der Waals surface area contributed by atoms with Crippen LogP contribution in [0, 0.1) is 5.92 Å². The van der Waals surface area contributed by atoms with Gasteiger partial charge in [0.2, 0.25) is 5.75 Å². The van der Waals surface area contributed by atoms with Crippen LogP contribution in [0.5, 0.6) is 17.2 Å². The number of nitrogens with one attached hydrogen (secondary N) is 1. The molecule has 3 atom stereocenters. The minimum absolute atomic E-state index is 0.0979. The first kappa shape index (κ1) is 28.8. The summed E-state index contributed by atoms with van der Waals surface area (Å²) in [4.78, 5) is 24.6. The molecule has 2 rings (SSSR count). The summed E-state index contributed by atoms with van der Waals surface area (Å²) >= 11 is 0. The second kappa shape index (κ2) is 13.0. The van der Waals surface area contributed by atoms with E-state index >= 15 is 0 Å². The summed E-state index contributed by atoms with van der Waals surface area (Å²) in [5.41, 5.74) is 0.806. The molecular weight excluding hydrogens is 466 g/mol. The Balaban J connectivity index is 2.26. The molecule has 0 radical (unpaired) electrons. The van der Waals surface area contributed by atoms with Crippen LogP contribution in [0.4, 0.5) is 4.79 Å². The summed E-state index contributed by atoms with van der Waals surface area (Å²) in [6, 6.07) is 11.9. The number of benzene rings is 2. The Kier molecular flexibility index (Phi) is 10.4. The van der Waals surface area contributed by atoms with E-state index in [2.05, 4.69) is 5.32 Å². The van der Waals surface area contributed by atoms with Crippen molar-refractivity contribution in [3.8, 4) is 17.2 Å². The molecule has 9 heteroatoms. The molecule has 0 heterocycles. The van der Waals surface area contributed by atoms with Gasteiger partial charge >= 0.3 is 12.1 Å². The molecule has 0 saturated heterocycles. The van der Waals surface area contributed by atoms with E-state index in [9.17, 15) is 19.8 Å². The maximum Gasteiger partial charge on any atom is 0.407 e. The summed E-state index contributed by atoms with van der Waals surface area (Å²) in [5.74, 6) is -0.796. The molecular formula is C27H37NO8. The van der Waals surface area contributed by atoms with Gasteiger partial charge in [-0.05, 0) is 63.3 Å². The fourth-order valence-corrected chi connectivity index (χ4v) is 3.88. The van der Waals surface area contributed by atoms with Crippen molar-refractivity contribution in [1.82, 2.24) is 5.32 Å². The number of ether oxygens (including phenoxy) is 4. The highest BCUT2D eigenvalue weighted by molar-refractivity contribution is 5.71. The Morgan fingerprint density at radius 1 is 0.917 bits per heavy atom. The lowest BCUT2D eigenvalue weighted by atomic mass is 9.89. The number of carbonyl (C=O) groups is 2. The second-order valence-electron chi connectivity index (χ2n) is 9.52. The highest BCUT2D eigenvalue weighted by Gasteiger charge is 2.30. The molecule has 0 aliphatic rings. The fraction of sp³-hybridized carbons (Fsp3) is 0.481. The van der Waals surface area contributed by atoms with E-state index in [1.54, 1.807) is 32.9 Å². The van der Waals surface area contributed by atoms with Crippen LogP contribution in [0.15, 0.2) is 42.5 Å². The largest absolute Gasteiger partial charge is 0.493 e. The lowest BCUT2D eigenvalue weighted by Crippen LogP contribution is -2.47. The van der Waals surface area contributed by atoms with Crippen LogP contribution in [-0.2, 0) is 22.4 Å². The third kappa shape index (κ3) is 8.64. The maximum absolute atomic E-state index is 12.5. The van der Waals surface area contributed by atoms with Gasteiger partial charge in [0.05, 0.1) is 39.4 Å². The van der Waals surface area contributed by atoms with Gasteiger partial charge in [-0.25, -0.2) is 4.79 Å². The average molecular weight is 504 g/mol. The van der Waals surface area contributed by atoms with Crippen molar-refractivity contribution in [2.45, 2.75) is 57.8 Å². The summed E-state index contributed by atoms with van der Waals surface area (Å²) in [5, 5.41) is 23.7. The van der Waals surface area contributed by atoms with Crippen LogP contribution in [-0.4, -0.2) is 61.4 Å². The number of carboxylic acids is 1. The topological polar surface area (TPSA) is 124 Å². The lowest BCUT2D eigenvalue weighted by Gasteiger charge is -2.28. The first-order valence-corrected chi connectivity index (χ1v) is 11.7. The number of carbonyl (C=O) groups excluding carboxylic acids is 1. The normalized spacial score (nSPS) is 13.8. The van der Waals surface area contributed by atoms with Crippen molar-refractivity contribution in [1.29, 1.82) is 0 Å². The van der Waals surface area contributed by atoms with Gasteiger partial charge in [-0.3, -0.25) is 4.79 Å². The minimum Gasteiger partial charge on any atom is -0.493 e. The van der Waals surface area contributed by atoms with Gasteiger partial charge in [0.15, 0.2) is 11.5 Å². The molecule has 0 unspecified atom stereocenters. The SMILES string of the molecule is COc1cc(C[C@H](C[C@H](O)[C@H](Cc2ccccc2)NC(=O)OC(C)(C)C)C(=O)O)cc(OC)c1OC. The zero-order chi connectivity index (χ0) is 26.9. The number of amides is 1. The van der Waals surface area contributed by atoms with Crippen molar-refractivity contribution in [3.63, 3.8) is 0 Å². The smallest absolute Gasteiger partial charge is 0.407 e. The number of alkyl carbamates (subject to hydrolysis) is 1. The lowest BCUT2D eigenvalue weighted by molar-refractivity contribution is -0.143. The Morgan fingerprint density at radius 3 is 1.97 bits per heavy atom. The molecule has 0 fully saturated rings. The highest BCUT2D eigenvalue weighted by atomic mass is 16.6. The summed E-state index contributed by atoms with van der Waals surface area (Å²) in [6.07, 6.45) is -1.52. The number of aliphatic hydroxyl groups excluding tert-OH is 1. The van der Waals surface area contributed by atoms with Gasteiger partial charge in [0, 0.05) is 0 Å². The standard InChI is InChI=1S/C27H37NO8/c1-27(2,3)36-26(32)28-20(13-17-10-8-7-9-11-17)21(29)16-19(25(30)31)12-18-14-22(33-4)24(35-6)23(15-18)34-5/h7-11,14-15,19-21,29H,12-13,16H2,1-6H3,(H,28,32)(H,30,31)/t19-,20+,21+/m1/s1. The van der Waals surface area contributed by atoms with E-state index < -0.39 is 35.7 Å². The first-order valence-electron chi connectivity index (χ1n) is 11.7. The van der Waals surface area contributed by atoms with E-state index in [-0.39, 0.29) is 12.8 Å². The molecule has 3 N–H and O–H groups in total. The third-order valence-corrected chi connectivity index (χ3v) is 5.55. The zero-order valence-corrected chi connectivity index (χ0v) is 21.7. The van der Waals surface area contributed by atoms with Gasteiger partial charge in [-0.1, -0.05) is 30.3 Å². The molecule has 198 valence electrons. The molecule has 0 aliphatic carbocycles. The molecule has 2 aromatic rings. The summed E-state index contributed by atoms with van der Waals surface area (Å²) in [7, 11) is 4.45. The van der Waals surface area contributed by atoms with Crippen LogP contribution in [0.3, 0.4) is 0 Å². The van der Waals surface area contributed by atoms with E-state index in [4.69, 9.17) is 18.9 Å². The number of carboxylic acid groups (broad SMARTS) is 1. The van der Waals surface area contributed by atoms with Gasteiger partial charge in [-0.15, -0.1) is 0 Å². The van der Waals surface area contributed by atoms with Crippen LogP contribution in [0.1, 0.15) is 38.3 Å². The monoisotopic (exact) mass is 503 g/mol. The highest BCUT2D eigenvalue weighted by Crippen LogP contribution is 2.39. The predicted molar refractivity (Wildman–Crippen MR) is 135 cm³/mol. The first-order chi connectivity index (χ1) is 17.0. The minimum atomic E-state index is -1.15. The second-order valence-corrected chi connectivity index (χ2v) is 9.52. The predicted octanol–water partition coefficient (Wildman–Crippen LogP) is 3.84. The van der Waals surface area contributed by atoms with Gasteiger partial charge < -0.3 is 34.5 Å². The molecule has 36 heavy (non-hydrogen) atoms. The molecule has 0 aromatic heterocycles. The number of hydrogen-bond acceptors (Lipinski definition) is 7. The van der Waals surface area contributed by atoms with Crippen LogP contribution in [0.25, 0.3) is 0 Å². The van der Waals surface area contributed by atoms with E-state index in [1.165, 1.54) is 21.3 Å². The van der Waals surface area contributed by atoms with Crippen LogP contribution >= 0.6 is 0 Å². The molecule has 1 amide bonds. The third-order valence-electron chi connectivity index (χ3n) is 5.55. The van der Waals surface area contributed by atoms with Crippen molar-refractivity contribution >= 4 is 12.1 Å². The van der Waals surface area contributed by atoms with Gasteiger partial charge in [-0.2, -0.15) is 0 Å². The van der Waals surface area contributed by atoms with Crippen LogP contribution < -0.4 is 19.5 Å². The number of methoxy groups -OCH3 is 3.